The van der Waals surface area contributed by atoms with E-state index in [0.29, 0.717) is 10.5 Å². The fraction of sp³-hybridized carbons (Fsp3) is 0.444. The van der Waals surface area contributed by atoms with E-state index in [1.807, 2.05) is 0 Å². The molecule has 1 atom stereocenters. The van der Waals surface area contributed by atoms with Crippen molar-refractivity contribution in [3.63, 3.8) is 0 Å². The Morgan fingerprint density at radius 2 is 1.96 bits per heavy atom. The second-order valence-electron chi connectivity index (χ2n) is 5.74. The quantitative estimate of drug-likeness (QED) is 0.665. The lowest BCUT2D eigenvalue weighted by molar-refractivity contribution is -0.137. The highest BCUT2D eigenvalue weighted by molar-refractivity contribution is 6.09. The Labute approximate surface area is 146 Å². The number of imide groups is 1. The summed E-state index contributed by atoms with van der Waals surface area (Å²) in [7, 11) is 0. The van der Waals surface area contributed by atoms with Gasteiger partial charge in [0.15, 0.2) is 5.78 Å². The number of nitrogens with zero attached hydrogens (tertiary/aromatic N) is 1. The molecule has 1 aromatic carbocycles. The van der Waals surface area contributed by atoms with Gasteiger partial charge in [-0.3, -0.25) is 24.1 Å². The van der Waals surface area contributed by atoms with Crippen molar-refractivity contribution in [3.05, 3.63) is 35.1 Å². The Hall–Kier alpha value is -2.57. The lowest BCUT2D eigenvalue weighted by atomic mass is 10.0. The topological polar surface area (TPSA) is 83.6 Å². The number of unbranched alkanes of at least 4 members (excludes halogenated alkanes) is 1. The standard InChI is InChI=1S/C14H13FN2O4.C4H10/c1-8-2-3-9(15)4-10(8)14(21)17(7-18)11-6-16-13(20)5-12(11)19;1-3-4-2/h2-4,7,11H,5-6H2,1H3,(H,16,20);3-4H2,1-2H3. The maximum atomic E-state index is 13.3. The first kappa shape index (κ1) is 20.5. The molecule has 1 N–H and O–H groups in total. The van der Waals surface area contributed by atoms with Gasteiger partial charge in [0.05, 0.1) is 6.42 Å². The Balaban J connectivity index is 0.000000705. The number of halogens is 1. The summed E-state index contributed by atoms with van der Waals surface area (Å²) in [5.41, 5.74) is 0.493. The molecule has 25 heavy (non-hydrogen) atoms. The van der Waals surface area contributed by atoms with Crippen LogP contribution in [-0.4, -0.2) is 41.5 Å². The summed E-state index contributed by atoms with van der Waals surface area (Å²) in [4.78, 5) is 47.1. The molecule has 0 aliphatic carbocycles. The van der Waals surface area contributed by atoms with Crippen LogP contribution in [0.15, 0.2) is 18.2 Å². The molecule has 1 aromatic rings. The average Bonchev–Trinajstić information content (AvgIpc) is 2.59. The van der Waals surface area contributed by atoms with Crippen LogP contribution in [0.4, 0.5) is 4.39 Å². The molecule has 0 spiro atoms. The highest BCUT2D eigenvalue weighted by Gasteiger charge is 2.35. The summed E-state index contributed by atoms with van der Waals surface area (Å²) in [6.07, 6.45) is 2.48. The molecule has 0 aromatic heterocycles. The van der Waals surface area contributed by atoms with E-state index in [-0.39, 0.29) is 24.9 Å². The van der Waals surface area contributed by atoms with Gasteiger partial charge in [0.2, 0.25) is 12.3 Å². The molecule has 1 fully saturated rings. The van der Waals surface area contributed by atoms with Gasteiger partial charge in [0.25, 0.3) is 5.91 Å². The summed E-state index contributed by atoms with van der Waals surface area (Å²) in [5, 5.41) is 2.42. The third-order valence-electron chi connectivity index (χ3n) is 3.81. The molecule has 136 valence electrons. The number of piperidine rings is 1. The van der Waals surface area contributed by atoms with Gasteiger partial charge in [-0.25, -0.2) is 4.39 Å². The van der Waals surface area contributed by atoms with Crippen LogP contribution in [0.5, 0.6) is 0 Å². The lowest BCUT2D eigenvalue weighted by Crippen LogP contribution is -2.55. The molecule has 0 saturated carbocycles. The summed E-state index contributed by atoms with van der Waals surface area (Å²) >= 11 is 0. The maximum absolute atomic E-state index is 13.3. The van der Waals surface area contributed by atoms with Gasteiger partial charge in [-0.1, -0.05) is 32.8 Å². The fourth-order valence-corrected chi connectivity index (χ4v) is 2.14. The molecule has 2 rings (SSSR count). The maximum Gasteiger partial charge on any atom is 0.261 e. The number of Topliss-reactive ketones (excluding diaryl/α,β-unsaturated/α-hetero) is 1. The number of amides is 3. The van der Waals surface area contributed by atoms with E-state index in [9.17, 15) is 23.6 Å². The van der Waals surface area contributed by atoms with Crippen molar-refractivity contribution >= 4 is 24.0 Å². The predicted molar refractivity (Wildman–Crippen MR) is 90.4 cm³/mol. The van der Waals surface area contributed by atoms with Crippen LogP contribution < -0.4 is 5.32 Å². The summed E-state index contributed by atoms with van der Waals surface area (Å²) in [6.45, 7) is 5.83. The first-order valence-corrected chi connectivity index (χ1v) is 8.19. The number of hydrogen-bond acceptors (Lipinski definition) is 4. The van der Waals surface area contributed by atoms with Crippen LogP contribution >= 0.6 is 0 Å². The van der Waals surface area contributed by atoms with E-state index < -0.39 is 29.5 Å². The summed E-state index contributed by atoms with van der Waals surface area (Å²) in [5.74, 6) is -2.35. The average molecular weight is 350 g/mol. The molecular weight excluding hydrogens is 327 g/mol. The highest BCUT2D eigenvalue weighted by atomic mass is 19.1. The summed E-state index contributed by atoms with van der Waals surface area (Å²) in [6, 6.07) is 2.56. The van der Waals surface area contributed by atoms with E-state index in [4.69, 9.17) is 0 Å². The Kier molecular flexibility index (Phi) is 7.91. The third kappa shape index (κ3) is 5.48. The fourth-order valence-electron chi connectivity index (χ4n) is 2.14. The lowest BCUT2D eigenvalue weighted by Gasteiger charge is -2.29. The third-order valence-corrected chi connectivity index (χ3v) is 3.81. The van der Waals surface area contributed by atoms with Crippen molar-refractivity contribution < 1.29 is 23.6 Å². The van der Waals surface area contributed by atoms with E-state index >= 15 is 0 Å². The number of ketones is 1. The number of hydrogen-bond donors (Lipinski definition) is 1. The molecule has 1 aliphatic heterocycles. The molecular formula is C18H23FN2O4. The second-order valence-corrected chi connectivity index (χ2v) is 5.74. The summed E-state index contributed by atoms with van der Waals surface area (Å²) < 4.78 is 13.3. The van der Waals surface area contributed by atoms with Crippen LogP contribution in [0.1, 0.15) is 49.0 Å². The number of nitrogens with one attached hydrogen (secondary N) is 1. The molecule has 1 unspecified atom stereocenters. The van der Waals surface area contributed by atoms with Gasteiger partial charge in [-0.2, -0.15) is 0 Å². The number of benzene rings is 1. The molecule has 0 bridgehead atoms. The molecule has 1 aliphatic rings. The number of carbonyl (C=O) groups is 4. The first-order valence-electron chi connectivity index (χ1n) is 8.19. The normalized spacial score (nSPS) is 16.4. The molecule has 6 nitrogen and oxygen atoms in total. The molecule has 3 amide bonds. The van der Waals surface area contributed by atoms with Crippen molar-refractivity contribution in [2.24, 2.45) is 0 Å². The van der Waals surface area contributed by atoms with Gasteiger partial charge in [0.1, 0.15) is 11.9 Å². The minimum atomic E-state index is -1.06. The molecule has 1 heterocycles. The van der Waals surface area contributed by atoms with E-state index in [1.165, 1.54) is 25.0 Å². The predicted octanol–water partition coefficient (Wildman–Crippen LogP) is 2.00. The monoisotopic (exact) mass is 350 g/mol. The molecule has 0 radical (unpaired) electrons. The highest BCUT2D eigenvalue weighted by Crippen LogP contribution is 2.16. The smallest absolute Gasteiger partial charge is 0.261 e. The van der Waals surface area contributed by atoms with Gasteiger partial charge in [-0.15, -0.1) is 0 Å². The Morgan fingerprint density at radius 3 is 2.48 bits per heavy atom. The SMILES string of the molecule is CCCC.Cc1ccc(F)cc1C(=O)N(C=O)C1CNC(=O)CC1=O. The van der Waals surface area contributed by atoms with Gasteiger partial charge in [0, 0.05) is 12.1 Å². The van der Waals surface area contributed by atoms with E-state index in [2.05, 4.69) is 19.2 Å². The van der Waals surface area contributed by atoms with Crippen molar-refractivity contribution in [3.8, 4) is 0 Å². The van der Waals surface area contributed by atoms with Crippen LogP contribution in [-0.2, 0) is 14.4 Å². The Bertz CT molecular complexity index is 658. The largest absolute Gasteiger partial charge is 0.353 e. The van der Waals surface area contributed by atoms with Crippen molar-refractivity contribution in [1.82, 2.24) is 10.2 Å². The van der Waals surface area contributed by atoms with Crippen LogP contribution in [0.2, 0.25) is 0 Å². The van der Waals surface area contributed by atoms with Gasteiger partial charge >= 0.3 is 0 Å². The van der Waals surface area contributed by atoms with E-state index in [1.54, 1.807) is 6.92 Å². The van der Waals surface area contributed by atoms with Crippen molar-refractivity contribution in [2.75, 3.05) is 6.54 Å². The number of aryl methyl sites for hydroxylation is 1. The van der Waals surface area contributed by atoms with Crippen LogP contribution in [0.25, 0.3) is 0 Å². The number of rotatable bonds is 4. The number of carbonyl (C=O) groups excluding carboxylic acids is 4. The van der Waals surface area contributed by atoms with E-state index in [0.717, 1.165) is 6.07 Å². The van der Waals surface area contributed by atoms with Crippen molar-refractivity contribution in [2.45, 2.75) is 46.1 Å². The minimum Gasteiger partial charge on any atom is -0.353 e. The molecule has 7 heteroatoms. The minimum absolute atomic E-state index is 0.00630. The molecule has 1 saturated heterocycles. The van der Waals surface area contributed by atoms with Gasteiger partial charge < -0.3 is 5.32 Å². The van der Waals surface area contributed by atoms with Gasteiger partial charge in [-0.05, 0) is 24.6 Å². The first-order chi connectivity index (χ1) is 11.8. The Morgan fingerprint density at radius 1 is 1.32 bits per heavy atom. The second kappa shape index (κ2) is 9.66. The zero-order chi connectivity index (χ0) is 19.0. The van der Waals surface area contributed by atoms with Crippen LogP contribution in [0.3, 0.4) is 0 Å². The van der Waals surface area contributed by atoms with Crippen LogP contribution in [0, 0.1) is 12.7 Å². The van der Waals surface area contributed by atoms with Crippen molar-refractivity contribution in [1.29, 1.82) is 0 Å². The zero-order valence-electron chi connectivity index (χ0n) is 14.7. The zero-order valence-corrected chi connectivity index (χ0v) is 14.7.